The van der Waals surface area contributed by atoms with Crippen molar-refractivity contribution in [3.05, 3.63) is 71.0 Å². The highest BCUT2D eigenvalue weighted by Crippen LogP contribution is 2.14. The van der Waals surface area contributed by atoms with Gasteiger partial charge in [0.2, 0.25) is 0 Å². The molecule has 0 unspecified atom stereocenters. The number of piperidine rings is 1. The minimum atomic E-state index is -0.155. The molecule has 0 atom stereocenters. The Morgan fingerprint density at radius 1 is 1.10 bits per heavy atom. The third kappa shape index (κ3) is 8.38. The summed E-state index contributed by atoms with van der Waals surface area (Å²) in [4.78, 5) is 8.85. The Kier molecular flexibility index (Phi) is 10.7. The van der Waals surface area contributed by atoms with Crippen molar-refractivity contribution < 1.29 is 4.39 Å². The predicted molar refractivity (Wildman–Crippen MR) is 137 cm³/mol. The van der Waals surface area contributed by atoms with Crippen molar-refractivity contribution in [3.8, 4) is 0 Å². The highest BCUT2D eigenvalue weighted by atomic mass is 127. The molecule has 1 heterocycles. The van der Waals surface area contributed by atoms with Crippen LogP contribution in [-0.4, -0.2) is 56.0 Å². The maximum atomic E-state index is 14.0. The number of benzene rings is 2. The van der Waals surface area contributed by atoms with Gasteiger partial charge in [0.1, 0.15) is 5.82 Å². The highest BCUT2D eigenvalue weighted by Gasteiger charge is 2.20. The molecule has 1 aliphatic rings. The summed E-state index contributed by atoms with van der Waals surface area (Å²) in [6.45, 7) is 4.38. The van der Waals surface area contributed by atoms with Crippen LogP contribution in [0.1, 0.15) is 29.5 Å². The van der Waals surface area contributed by atoms with Crippen LogP contribution in [0, 0.1) is 5.82 Å². The predicted octanol–water partition coefficient (Wildman–Crippen LogP) is 3.83. The molecule has 2 aromatic carbocycles. The fourth-order valence-electron chi connectivity index (χ4n) is 3.85. The van der Waals surface area contributed by atoms with E-state index in [1.165, 1.54) is 5.56 Å². The molecule has 5 nitrogen and oxygen atoms in total. The van der Waals surface area contributed by atoms with Crippen LogP contribution in [0.4, 0.5) is 4.39 Å². The third-order valence-electron chi connectivity index (χ3n) is 5.46. The Hall–Kier alpha value is -1.71. The van der Waals surface area contributed by atoms with E-state index in [0.29, 0.717) is 24.7 Å². The van der Waals surface area contributed by atoms with Crippen LogP contribution in [0.2, 0.25) is 0 Å². The van der Waals surface area contributed by atoms with Gasteiger partial charge in [0, 0.05) is 51.4 Å². The monoisotopic (exact) mass is 539 g/mol. The molecule has 170 valence electrons. The van der Waals surface area contributed by atoms with Crippen molar-refractivity contribution in [3.63, 3.8) is 0 Å². The summed E-state index contributed by atoms with van der Waals surface area (Å²) in [6.07, 6.45) is 2.19. The summed E-state index contributed by atoms with van der Waals surface area (Å²) in [7, 11) is 5.69. The lowest BCUT2D eigenvalue weighted by Crippen LogP contribution is -2.48. The zero-order valence-corrected chi connectivity index (χ0v) is 21.1. The summed E-state index contributed by atoms with van der Waals surface area (Å²) in [6, 6.07) is 16.4. The van der Waals surface area contributed by atoms with E-state index in [4.69, 9.17) is 0 Å². The number of likely N-dealkylation sites (tertiary alicyclic amines) is 1. The minimum absolute atomic E-state index is 0. The fraction of sp³-hybridized carbons (Fsp3) is 0.458. The standard InChI is InChI=1S/C24H34FN5.HI/c1-26-24(27-16-20-9-10-23(25)21(15-20)18-29(2)3)28-22-11-13-30(14-12-22)17-19-7-5-4-6-8-19;/h4-10,15,22H,11-14,16-18H2,1-3H3,(H2,26,27,28);1H. The number of hydrogen-bond acceptors (Lipinski definition) is 3. The maximum absolute atomic E-state index is 14.0. The van der Waals surface area contributed by atoms with Crippen LogP contribution < -0.4 is 10.6 Å². The lowest BCUT2D eigenvalue weighted by atomic mass is 10.0. The van der Waals surface area contributed by atoms with E-state index in [9.17, 15) is 4.39 Å². The number of nitrogens with zero attached hydrogens (tertiary/aromatic N) is 3. The molecule has 7 heteroatoms. The normalized spacial score (nSPS) is 15.6. The summed E-state index contributed by atoms with van der Waals surface area (Å²) < 4.78 is 14.0. The number of guanidine groups is 1. The summed E-state index contributed by atoms with van der Waals surface area (Å²) in [5.74, 6) is 0.646. The molecule has 0 saturated carbocycles. The third-order valence-corrected chi connectivity index (χ3v) is 5.46. The fourth-order valence-corrected chi connectivity index (χ4v) is 3.85. The molecular formula is C24H35FIN5. The average Bonchev–Trinajstić information content (AvgIpc) is 2.75. The van der Waals surface area contributed by atoms with Gasteiger partial charge in [-0.2, -0.15) is 0 Å². The lowest BCUT2D eigenvalue weighted by molar-refractivity contribution is 0.198. The van der Waals surface area contributed by atoms with Gasteiger partial charge in [-0.25, -0.2) is 4.39 Å². The largest absolute Gasteiger partial charge is 0.354 e. The van der Waals surface area contributed by atoms with Crippen molar-refractivity contribution in [2.45, 2.75) is 38.5 Å². The van der Waals surface area contributed by atoms with Crippen LogP contribution in [0.25, 0.3) is 0 Å². The second-order valence-corrected chi connectivity index (χ2v) is 8.27. The molecule has 1 aliphatic heterocycles. The van der Waals surface area contributed by atoms with Crippen LogP contribution in [0.3, 0.4) is 0 Å². The summed E-state index contributed by atoms with van der Waals surface area (Å²) in [5, 5.41) is 6.92. The van der Waals surface area contributed by atoms with Gasteiger partial charge in [-0.05, 0) is 50.2 Å². The van der Waals surface area contributed by atoms with E-state index in [-0.39, 0.29) is 29.8 Å². The molecule has 0 radical (unpaired) electrons. The van der Waals surface area contributed by atoms with Crippen LogP contribution in [0.5, 0.6) is 0 Å². The molecular weight excluding hydrogens is 504 g/mol. The summed E-state index contributed by atoms with van der Waals surface area (Å²) in [5.41, 5.74) is 3.14. The SMILES string of the molecule is CN=C(NCc1ccc(F)c(CN(C)C)c1)NC1CCN(Cc2ccccc2)CC1.I. The van der Waals surface area contributed by atoms with E-state index in [1.807, 2.05) is 31.1 Å². The molecule has 0 amide bonds. The number of halogens is 2. The molecule has 31 heavy (non-hydrogen) atoms. The first-order valence-corrected chi connectivity index (χ1v) is 10.7. The van der Waals surface area contributed by atoms with Crippen molar-refractivity contribution in [2.24, 2.45) is 4.99 Å². The number of hydrogen-bond donors (Lipinski definition) is 2. The van der Waals surface area contributed by atoms with E-state index < -0.39 is 0 Å². The first kappa shape index (κ1) is 25.5. The van der Waals surface area contributed by atoms with Gasteiger partial charge in [0.05, 0.1) is 0 Å². The Bertz CT molecular complexity index is 820. The molecule has 0 bridgehead atoms. The van der Waals surface area contributed by atoms with Gasteiger partial charge in [0.15, 0.2) is 5.96 Å². The molecule has 0 aliphatic carbocycles. The Labute approximate surface area is 203 Å². The van der Waals surface area contributed by atoms with Gasteiger partial charge in [-0.1, -0.05) is 36.4 Å². The molecule has 0 aromatic heterocycles. The molecule has 1 fully saturated rings. The van der Waals surface area contributed by atoms with Gasteiger partial charge in [0.25, 0.3) is 0 Å². The van der Waals surface area contributed by atoms with Crippen LogP contribution >= 0.6 is 24.0 Å². The first-order chi connectivity index (χ1) is 14.5. The average molecular weight is 539 g/mol. The van der Waals surface area contributed by atoms with E-state index in [1.54, 1.807) is 13.1 Å². The highest BCUT2D eigenvalue weighted by molar-refractivity contribution is 14.0. The second-order valence-electron chi connectivity index (χ2n) is 8.27. The quantitative estimate of drug-likeness (QED) is 0.319. The van der Waals surface area contributed by atoms with Gasteiger partial charge in [-0.3, -0.25) is 9.89 Å². The molecule has 1 saturated heterocycles. The van der Waals surface area contributed by atoms with Gasteiger partial charge < -0.3 is 15.5 Å². The molecule has 2 aromatic rings. The number of nitrogens with one attached hydrogen (secondary N) is 2. The smallest absolute Gasteiger partial charge is 0.191 e. The van der Waals surface area contributed by atoms with Gasteiger partial charge >= 0.3 is 0 Å². The Balaban J connectivity index is 0.00000341. The van der Waals surface area contributed by atoms with E-state index in [2.05, 4.69) is 50.9 Å². The molecule has 3 rings (SSSR count). The first-order valence-electron chi connectivity index (χ1n) is 10.7. The Morgan fingerprint density at radius 2 is 1.81 bits per heavy atom. The van der Waals surface area contributed by atoms with Crippen molar-refractivity contribution in [2.75, 3.05) is 34.2 Å². The van der Waals surface area contributed by atoms with E-state index in [0.717, 1.165) is 44.0 Å². The lowest BCUT2D eigenvalue weighted by Gasteiger charge is -2.33. The van der Waals surface area contributed by atoms with Crippen LogP contribution in [0.15, 0.2) is 53.5 Å². The minimum Gasteiger partial charge on any atom is -0.354 e. The van der Waals surface area contributed by atoms with E-state index >= 15 is 0 Å². The number of aliphatic imine (C=N–C) groups is 1. The van der Waals surface area contributed by atoms with Gasteiger partial charge in [-0.15, -0.1) is 24.0 Å². The number of rotatable bonds is 7. The topological polar surface area (TPSA) is 42.9 Å². The second kappa shape index (κ2) is 13.0. The summed E-state index contributed by atoms with van der Waals surface area (Å²) >= 11 is 0. The molecule has 0 spiro atoms. The zero-order chi connectivity index (χ0) is 21.3. The van der Waals surface area contributed by atoms with Crippen molar-refractivity contribution in [1.82, 2.24) is 20.4 Å². The molecule has 2 N–H and O–H groups in total. The Morgan fingerprint density at radius 3 is 2.45 bits per heavy atom. The zero-order valence-electron chi connectivity index (χ0n) is 18.8. The van der Waals surface area contributed by atoms with Crippen LogP contribution in [-0.2, 0) is 19.6 Å². The maximum Gasteiger partial charge on any atom is 0.191 e. The van der Waals surface area contributed by atoms with Crippen molar-refractivity contribution in [1.29, 1.82) is 0 Å². The van der Waals surface area contributed by atoms with Crippen molar-refractivity contribution >= 4 is 29.9 Å².